The molecule has 0 spiro atoms. The zero-order valence-electron chi connectivity index (χ0n) is 9.56. The fourth-order valence-corrected chi connectivity index (χ4v) is 2.63. The number of aromatic nitrogens is 2. The molecule has 1 aliphatic rings. The number of nitrogens with two attached hydrogens (primary N) is 1. The van der Waals surface area contributed by atoms with Crippen LogP contribution in [0.4, 0.5) is 0 Å². The van der Waals surface area contributed by atoms with Crippen LogP contribution in [0.5, 0.6) is 0 Å². The van der Waals surface area contributed by atoms with E-state index in [9.17, 15) is 0 Å². The van der Waals surface area contributed by atoms with Crippen molar-refractivity contribution in [2.24, 2.45) is 11.7 Å². The first-order chi connectivity index (χ1) is 7.79. The first-order valence-electron chi connectivity index (χ1n) is 5.93. The van der Waals surface area contributed by atoms with Crippen molar-refractivity contribution in [3.8, 4) is 0 Å². The second kappa shape index (κ2) is 3.59. The number of rotatable bonds is 2. The van der Waals surface area contributed by atoms with E-state index < -0.39 is 0 Å². The lowest BCUT2D eigenvalue weighted by molar-refractivity contribution is 0.188. The maximum atomic E-state index is 5.66. The van der Waals surface area contributed by atoms with E-state index >= 15 is 0 Å². The van der Waals surface area contributed by atoms with E-state index in [-0.39, 0.29) is 0 Å². The quantitative estimate of drug-likeness (QED) is 0.835. The van der Waals surface area contributed by atoms with Gasteiger partial charge < -0.3 is 5.73 Å². The normalized spacial score (nSPS) is 24.6. The van der Waals surface area contributed by atoms with Crippen molar-refractivity contribution in [3.63, 3.8) is 0 Å². The minimum Gasteiger partial charge on any atom is -0.330 e. The van der Waals surface area contributed by atoms with Gasteiger partial charge in [-0.3, -0.25) is 4.68 Å². The van der Waals surface area contributed by atoms with Gasteiger partial charge in [-0.15, -0.1) is 0 Å². The Bertz CT molecular complexity index is 509. The molecule has 0 atom stereocenters. The lowest BCUT2D eigenvalue weighted by atomic mass is 9.80. The Morgan fingerprint density at radius 2 is 2.12 bits per heavy atom. The van der Waals surface area contributed by atoms with Crippen LogP contribution < -0.4 is 5.73 Å². The Morgan fingerprint density at radius 1 is 1.38 bits per heavy atom. The van der Waals surface area contributed by atoms with Gasteiger partial charge in [0.05, 0.1) is 11.6 Å². The van der Waals surface area contributed by atoms with Gasteiger partial charge in [-0.2, -0.15) is 5.10 Å². The summed E-state index contributed by atoms with van der Waals surface area (Å²) < 4.78 is 2.19. The molecule has 0 bridgehead atoms. The van der Waals surface area contributed by atoms with Crippen molar-refractivity contribution < 1.29 is 0 Å². The molecule has 3 rings (SSSR count). The molecule has 1 aliphatic carbocycles. The highest BCUT2D eigenvalue weighted by Crippen LogP contribution is 2.38. The average molecular weight is 215 g/mol. The first-order valence-corrected chi connectivity index (χ1v) is 5.93. The lowest BCUT2D eigenvalue weighted by Crippen LogP contribution is -2.32. The molecule has 0 radical (unpaired) electrons. The van der Waals surface area contributed by atoms with Gasteiger partial charge in [-0.05, 0) is 38.3 Å². The molecule has 1 heterocycles. The Balaban J connectivity index is 1.96. The molecule has 0 aliphatic heterocycles. The largest absolute Gasteiger partial charge is 0.330 e. The van der Waals surface area contributed by atoms with E-state index in [1.807, 2.05) is 6.07 Å². The number of hydrogen-bond donors (Lipinski definition) is 1. The fourth-order valence-electron chi connectivity index (χ4n) is 2.63. The molecular formula is C13H17N3. The lowest BCUT2D eigenvalue weighted by Gasteiger charge is -2.35. The van der Waals surface area contributed by atoms with Crippen LogP contribution >= 0.6 is 0 Å². The summed E-state index contributed by atoms with van der Waals surface area (Å²) in [4.78, 5) is 0. The van der Waals surface area contributed by atoms with Gasteiger partial charge in [0.1, 0.15) is 0 Å². The van der Waals surface area contributed by atoms with Gasteiger partial charge in [0.15, 0.2) is 0 Å². The van der Waals surface area contributed by atoms with Gasteiger partial charge in [-0.25, -0.2) is 0 Å². The Morgan fingerprint density at radius 3 is 2.81 bits per heavy atom. The summed E-state index contributed by atoms with van der Waals surface area (Å²) in [6, 6.07) is 8.92. The van der Waals surface area contributed by atoms with Gasteiger partial charge in [0, 0.05) is 11.1 Å². The van der Waals surface area contributed by atoms with Crippen LogP contribution in [0.3, 0.4) is 0 Å². The molecule has 0 amide bonds. The highest BCUT2D eigenvalue weighted by Gasteiger charge is 2.31. The van der Waals surface area contributed by atoms with E-state index in [0.29, 0.717) is 12.0 Å². The Labute approximate surface area is 95.2 Å². The highest BCUT2D eigenvalue weighted by atomic mass is 15.3. The fraction of sp³-hybridized carbons (Fsp3) is 0.462. The molecule has 2 aromatic rings. The predicted molar refractivity (Wildman–Crippen MR) is 65.3 cm³/mol. The zero-order chi connectivity index (χ0) is 11.1. The predicted octanol–water partition coefficient (Wildman–Crippen LogP) is 2.25. The summed E-state index contributed by atoms with van der Waals surface area (Å²) in [5.41, 5.74) is 8.05. The van der Waals surface area contributed by atoms with Crippen LogP contribution in [0.2, 0.25) is 0 Å². The molecule has 3 nitrogen and oxygen atoms in total. The van der Waals surface area contributed by atoms with Crippen molar-refractivity contribution >= 4 is 10.9 Å². The van der Waals surface area contributed by atoms with Crippen molar-refractivity contribution in [2.75, 3.05) is 6.54 Å². The van der Waals surface area contributed by atoms with Crippen LogP contribution in [0, 0.1) is 12.8 Å². The molecule has 16 heavy (non-hydrogen) atoms. The monoisotopic (exact) mass is 215 g/mol. The summed E-state index contributed by atoms with van der Waals surface area (Å²) in [7, 11) is 0. The standard InChI is InChI=1S/C13H17N3/c1-9-12-4-2-3-5-13(12)15-16(9)11-6-10(7-11)8-14/h2-5,10-11H,6-8,14H2,1H3. The molecule has 0 saturated heterocycles. The third-order valence-electron chi connectivity index (χ3n) is 3.74. The third-order valence-corrected chi connectivity index (χ3v) is 3.74. The average Bonchev–Trinajstić information content (AvgIpc) is 2.56. The summed E-state index contributed by atoms with van der Waals surface area (Å²) in [5, 5.41) is 5.96. The summed E-state index contributed by atoms with van der Waals surface area (Å²) in [6.45, 7) is 2.97. The van der Waals surface area contributed by atoms with Crippen LogP contribution in [-0.4, -0.2) is 16.3 Å². The molecule has 1 aromatic heterocycles. The Hall–Kier alpha value is -1.35. The number of nitrogens with zero attached hydrogens (tertiary/aromatic N) is 2. The summed E-state index contributed by atoms with van der Waals surface area (Å²) in [5.74, 6) is 0.705. The Kier molecular flexibility index (Phi) is 2.21. The number of aryl methyl sites for hydroxylation is 1. The van der Waals surface area contributed by atoms with Gasteiger partial charge in [0.2, 0.25) is 0 Å². The van der Waals surface area contributed by atoms with Crippen LogP contribution in [0.15, 0.2) is 24.3 Å². The molecule has 3 heteroatoms. The maximum Gasteiger partial charge on any atom is 0.0926 e. The first kappa shape index (κ1) is 9.85. The van der Waals surface area contributed by atoms with Crippen molar-refractivity contribution in [1.82, 2.24) is 9.78 Å². The van der Waals surface area contributed by atoms with Crippen LogP contribution in [0.25, 0.3) is 10.9 Å². The van der Waals surface area contributed by atoms with E-state index in [0.717, 1.165) is 12.1 Å². The van der Waals surface area contributed by atoms with Crippen molar-refractivity contribution in [3.05, 3.63) is 30.0 Å². The van der Waals surface area contributed by atoms with E-state index in [1.165, 1.54) is 23.9 Å². The highest BCUT2D eigenvalue weighted by molar-refractivity contribution is 5.81. The maximum absolute atomic E-state index is 5.66. The number of fused-ring (bicyclic) bond motifs is 1. The topological polar surface area (TPSA) is 43.8 Å². The van der Waals surface area contributed by atoms with Crippen molar-refractivity contribution in [2.45, 2.75) is 25.8 Å². The number of benzene rings is 1. The molecule has 1 saturated carbocycles. The van der Waals surface area contributed by atoms with Gasteiger partial charge in [-0.1, -0.05) is 18.2 Å². The van der Waals surface area contributed by atoms with Gasteiger partial charge >= 0.3 is 0 Å². The molecule has 0 unspecified atom stereocenters. The van der Waals surface area contributed by atoms with Crippen LogP contribution in [-0.2, 0) is 0 Å². The van der Waals surface area contributed by atoms with E-state index in [1.54, 1.807) is 0 Å². The summed E-state index contributed by atoms with van der Waals surface area (Å²) in [6.07, 6.45) is 2.37. The van der Waals surface area contributed by atoms with Gasteiger partial charge in [0.25, 0.3) is 0 Å². The third kappa shape index (κ3) is 1.35. The zero-order valence-corrected chi connectivity index (χ0v) is 9.56. The molecule has 1 aromatic carbocycles. The van der Waals surface area contributed by atoms with E-state index in [4.69, 9.17) is 5.73 Å². The summed E-state index contributed by atoms with van der Waals surface area (Å²) >= 11 is 0. The second-order valence-electron chi connectivity index (χ2n) is 4.77. The van der Waals surface area contributed by atoms with E-state index in [2.05, 4.69) is 34.9 Å². The molecule has 2 N–H and O–H groups in total. The SMILES string of the molecule is Cc1c2ccccc2nn1C1CC(CN)C1. The molecular weight excluding hydrogens is 198 g/mol. The minimum absolute atomic E-state index is 0.570. The van der Waals surface area contributed by atoms with Crippen LogP contribution in [0.1, 0.15) is 24.6 Å². The smallest absolute Gasteiger partial charge is 0.0926 e. The molecule has 84 valence electrons. The van der Waals surface area contributed by atoms with Crippen molar-refractivity contribution in [1.29, 1.82) is 0 Å². The number of hydrogen-bond acceptors (Lipinski definition) is 2. The second-order valence-corrected chi connectivity index (χ2v) is 4.77. The molecule has 1 fully saturated rings. The minimum atomic E-state index is 0.570.